The summed E-state index contributed by atoms with van der Waals surface area (Å²) in [5.41, 5.74) is 4.86. The van der Waals surface area contributed by atoms with E-state index in [-0.39, 0.29) is 24.5 Å². The zero-order valence-corrected chi connectivity index (χ0v) is 24.4. The summed E-state index contributed by atoms with van der Waals surface area (Å²) in [7, 11) is 3.24. The standard InChI is InChI=1S/C36H35F3O4/c1-40-33(41-2)10-6-7-21-42-28-17-13-26(14-18-28)34-29(25-11-15-27(37)16-12-25)19-20-30-31(34)22-32(38)36(35(30)39)43-23-24-8-4-3-5-9-24/h3-5,8-9,11-18,22,33H,6-7,10,19-21,23H2,1-2H3. The fourth-order valence-electron chi connectivity index (χ4n) is 5.43. The van der Waals surface area contributed by atoms with Crippen molar-refractivity contribution >= 4 is 11.1 Å². The largest absolute Gasteiger partial charge is 0.494 e. The van der Waals surface area contributed by atoms with Gasteiger partial charge in [-0.3, -0.25) is 0 Å². The minimum Gasteiger partial charge on any atom is -0.494 e. The molecule has 0 radical (unpaired) electrons. The molecule has 4 nitrogen and oxygen atoms in total. The second kappa shape index (κ2) is 14.4. The third-order valence-electron chi connectivity index (χ3n) is 7.66. The number of unbranched alkanes of at least 4 members (excludes halogenated alkanes) is 1. The number of allylic oxidation sites excluding steroid dienone is 1. The van der Waals surface area contributed by atoms with Crippen LogP contribution >= 0.6 is 0 Å². The number of halogens is 3. The van der Waals surface area contributed by atoms with E-state index < -0.39 is 11.6 Å². The Balaban J connectivity index is 1.43. The van der Waals surface area contributed by atoms with Crippen LogP contribution in [-0.2, 0) is 22.5 Å². The van der Waals surface area contributed by atoms with Gasteiger partial charge in [0.15, 0.2) is 23.7 Å². The van der Waals surface area contributed by atoms with Crippen molar-refractivity contribution in [1.29, 1.82) is 0 Å². The molecular formula is C36H35F3O4. The molecule has 43 heavy (non-hydrogen) atoms. The van der Waals surface area contributed by atoms with Crippen molar-refractivity contribution in [2.75, 3.05) is 20.8 Å². The van der Waals surface area contributed by atoms with Gasteiger partial charge in [-0.1, -0.05) is 54.6 Å². The van der Waals surface area contributed by atoms with Gasteiger partial charge in [-0.05, 0) is 95.8 Å². The minimum atomic E-state index is -0.769. The number of benzene rings is 4. The lowest BCUT2D eigenvalue weighted by Gasteiger charge is -2.26. The number of rotatable bonds is 13. The quantitative estimate of drug-likeness (QED) is 0.116. The van der Waals surface area contributed by atoms with E-state index in [9.17, 15) is 4.39 Å². The highest BCUT2D eigenvalue weighted by Crippen LogP contribution is 2.44. The van der Waals surface area contributed by atoms with Gasteiger partial charge in [-0.25, -0.2) is 13.2 Å². The fraction of sp³-hybridized carbons (Fsp3) is 0.278. The van der Waals surface area contributed by atoms with Gasteiger partial charge in [-0.15, -0.1) is 0 Å². The highest BCUT2D eigenvalue weighted by atomic mass is 19.1. The molecule has 4 aromatic carbocycles. The average Bonchev–Trinajstić information content (AvgIpc) is 3.03. The van der Waals surface area contributed by atoms with Crippen LogP contribution < -0.4 is 9.47 Å². The van der Waals surface area contributed by atoms with Crippen LogP contribution in [0.15, 0.2) is 84.9 Å². The van der Waals surface area contributed by atoms with E-state index in [1.54, 1.807) is 26.4 Å². The first-order valence-corrected chi connectivity index (χ1v) is 14.4. The number of hydrogen-bond donors (Lipinski definition) is 0. The van der Waals surface area contributed by atoms with E-state index in [1.807, 2.05) is 54.6 Å². The molecule has 7 heteroatoms. The maximum atomic E-state index is 15.9. The molecule has 0 amide bonds. The molecule has 0 aliphatic heterocycles. The first-order valence-electron chi connectivity index (χ1n) is 14.4. The second-order valence-corrected chi connectivity index (χ2v) is 10.4. The van der Waals surface area contributed by atoms with Gasteiger partial charge in [0.1, 0.15) is 18.2 Å². The summed E-state index contributed by atoms with van der Waals surface area (Å²) < 4.78 is 67.2. The molecule has 0 unspecified atom stereocenters. The van der Waals surface area contributed by atoms with Crippen molar-refractivity contribution < 1.29 is 32.1 Å². The van der Waals surface area contributed by atoms with Crippen molar-refractivity contribution in [2.45, 2.75) is 45.0 Å². The Morgan fingerprint density at radius 2 is 1.44 bits per heavy atom. The monoisotopic (exact) mass is 588 g/mol. The summed E-state index contributed by atoms with van der Waals surface area (Å²) in [5, 5.41) is 0. The van der Waals surface area contributed by atoms with Crippen LogP contribution in [0.3, 0.4) is 0 Å². The Labute approximate surface area is 250 Å². The predicted molar refractivity (Wildman–Crippen MR) is 161 cm³/mol. The van der Waals surface area contributed by atoms with Crippen molar-refractivity contribution in [1.82, 2.24) is 0 Å². The van der Waals surface area contributed by atoms with Gasteiger partial charge in [0.2, 0.25) is 0 Å². The summed E-state index contributed by atoms with van der Waals surface area (Å²) >= 11 is 0. The van der Waals surface area contributed by atoms with Gasteiger partial charge in [0.25, 0.3) is 0 Å². The van der Waals surface area contributed by atoms with Crippen LogP contribution in [0.5, 0.6) is 11.5 Å². The molecule has 0 heterocycles. The highest BCUT2D eigenvalue weighted by molar-refractivity contribution is 6.01. The molecule has 0 aromatic heterocycles. The zero-order chi connectivity index (χ0) is 30.2. The Bertz CT molecular complexity index is 1530. The average molecular weight is 589 g/mol. The summed E-state index contributed by atoms with van der Waals surface area (Å²) in [6.45, 7) is 0.589. The van der Waals surface area contributed by atoms with Gasteiger partial charge >= 0.3 is 0 Å². The molecule has 5 rings (SSSR count). The molecule has 1 aliphatic rings. The molecule has 0 N–H and O–H groups in total. The van der Waals surface area contributed by atoms with Crippen LogP contribution in [0.4, 0.5) is 13.2 Å². The summed E-state index contributed by atoms with van der Waals surface area (Å²) in [5.74, 6) is -1.49. The van der Waals surface area contributed by atoms with E-state index in [0.717, 1.165) is 41.5 Å². The number of methoxy groups -OCH3 is 2. The van der Waals surface area contributed by atoms with Crippen LogP contribution in [-0.4, -0.2) is 27.1 Å². The van der Waals surface area contributed by atoms with Gasteiger partial charge < -0.3 is 18.9 Å². The summed E-state index contributed by atoms with van der Waals surface area (Å²) in [6, 6.07) is 24.3. The van der Waals surface area contributed by atoms with Crippen molar-refractivity contribution in [3.05, 3.63) is 130 Å². The van der Waals surface area contributed by atoms with Gasteiger partial charge in [-0.2, -0.15) is 0 Å². The van der Waals surface area contributed by atoms with E-state index in [2.05, 4.69) is 0 Å². The lowest BCUT2D eigenvalue weighted by atomic mass is 9.79. The van der Waals surface area contributed by atoms with Crippen molar-refractivity contribution in [2.24, 2.45) is 0 Å². The molecule has 4 aromatic rings. The highest BCUT2D eigenvalue weighted by Gasteiger charge is 2.28. The molecule has 1 aliphatic carbocycles. The predicted octanol–water partition coefficient (Wildman–Crippen LogP) is 8.76. The van der Waals surface area contributed by atoms with Gasteiger partial charge in [0.05, 0.1) is 6.61 Å². The molecule has 0 saturated heterocycles. The summed E-state index contributed by atoms with van der Waals surface area (Å²) in [6.07, 6.45) is 3.14. The topological polar surface area (TPSA) is 36.9 Å². The molecule has 0 fully saturated rings. The lowest BCUT2D eigenvalue weighted by molar-refractivity contribution is -0.107. The first-order chi connectivity index (χ1) is 21.0. The van der Waals surface area contributed by atoms with E-state index in [4.69, 9.17) is 18.9 Å². The van der Waals surface area contributed by atoms with Crippen LogP contribution in [0.2, 0.25) is 0 Å². The Morgan fingerprint density at radius 3 is 2.14 bits per heavy atom. The van der Waals surface area contributed by atoms with Crippen LogP contribution in [0, 0.1) is 17.5 Å². The first kappa shape index (κ1) is 30.4. The Hall–Kier alpha value is -4.07. The zero-order valence-electron chi connectivity index (χ0n) is 24.4. The number of fused-ring (bicyclic) bond motifs is 1. The smallest absolute Gasteiger partial charge is 0.191 e. The Morgan fingerprint density at radius 1 is 0.744 bits per heavy atom. The van der Waals surface area contributed by atoms with Crippen LogP contribution in [0.25, 0.3) is 11.1 Å². The molecule has 224 valence electrons. The number of hydrogen-bond acceptors (Lipinski definition) is 4. The van der Waals surface area contributed by atoms with E-state index in [0.29, 0.717) is 41.9 Å². The molecule has 0 atom stereocenters. The van der Waals surface area contributed by atoms with E-state index >= 15 is 8.78 Å². The maximum absolute atomic E-state index is 15.9. The molecule has 0 bridgehead atoms. The fourth-order valence-corrected chi connectivity index (χ4v) is 5.43. The maximum Gasteiger partial charge on any atom is 0.191 e. The number of ether oxygens (including phenoxy) is 4. The second-order valence-electron chi connectivity index (χ2n) is 10.4. The molecule has 0 spiro atoms. The third kappa shape index (κ3) is 7.29. The van der Waals surface area contributed by atoms with Crippen LogP contribution in [0.1, 0.15) is 53.5 Å². The third-order valence-corrected chi connectivity index (χ3v) is 7.66. The van der Waals surface area contributed by atoms with Crippen molar-refractivity contribution in [3.63, 3.8) is 0 Å². The SMILES string of the molecule is COC(CCCCOc1ccc(C2=C(c3ccc(F)cc3)CCc3c2cc(F)c(OCc2ccccc2)c3F)cc1)OC. The lowest BCUT2D eigenvalue weighted by Crippen LogP contribution is -2.13. The summed E-state index contributed by atoms with van der Waals surface area (Å²) in [4.78, 5) is 0. The Kier molecular flexibility index (Phi) is 10.2. The molecule has 0 saturated carbocycles. The van der Waals surface area contributed by atoms with Crippen molar-refractivity contribution in [3.8, 4) is 11.5 Å². The molecular weight excluding hydrogens is 553 g/mol. The normalized spacial score (nSPS) is 12.9. The van der Waals surface area contributed by atoms with E-state index in [1.165, 1.54) is 18.2 Å². The van der Waals surface area contributed by atoms with Gasteiger partial charge in [0, 0.05) is 19.8 Å². The minimum absolute atomic E-state index is 0.0534.